The van der Waals surface area contributed by atoms with Crippen LogP contribution in [0.5, 0.6) is 11.6 Å². The molecule has 0 saturated carbocycles. The van der Waals surface area contributed by atoms with E-state index in [-0.39, 0.29) is 6.10 Å². The van der Waals surface area contributed by atoms with Crippen molar-refractivity contribution in [3.63, 3.8) is 0 Å². The second-order valence-electron chi connectivity index (χ2n) is 5.78. The van der Waals surface area contributed by atoms with E-state index in [1.807, 2.05) is 19.1 Å². The van der Waals surface area contributed by atoms with Crippen molar-refractivity contribution in [1.82, 2.24) is 10.3 Å². The van der Waals surface area contributed by atoms with Crippen molar-refractivity contribution in [1.29, 1.82) is 0 Å². The topological polar surface area (TPSA) is 43.4 Å². The Bertz CT molecular complexity index is 403. The van der Waals surface area contributed by atoms with Crippen molar-refractivity contribution in [2.75, 3.05) is 19.7 Å². The number of nitrogens with one attached hydrogen (secondary N) is 1. The van der Waals surface area contributed by atoms with E-state index in [9.17, 15) is 0 Å². The number of hydrogen-bond acceptors (Lipinski definition) is 4. The van der Waals surface area contributed by atoms with Gasteiger partial charge in [0.2, 0.25) is 0 Å². The lowest BCUT2D eigenvalue weighted by Gasteiger charge is -2.26. The SMILES string of the molecule is CCOc1ncccc1OC(CC(C)C)[C@H]1CCNC1. The largest absolute Gasteiger partial charge is 0.484 e. The highest BCUT2D eigenvalue weighted by molar-refractivity contribution is 5.32. The van der Waals surface area contributed by atoms with E-state index in [0.717, 1.165) is 25.3 Å². The molecule has 1 aliphatic rings. The quantitative estimate of drug-likeness (QED) is 0.833. The summed E-state index contributed by atoms with van der Waals surface area (Å²) in [5.74, 6) is 2.57. The van der Waals surface area contributed by atoms with Gasteiger partial charge in [-0.15, -0.1) is 0 Å². The second kappa shape index (κ2) is 7.48. The van der Waals surface area contributed by atoms with Crippen LogP contribution in [-0.2, 0) is 0 Å². The first kappa shape index (κ1) is 15.1. The molecule has 2 atom stereocenters. The third kappa shape index (κ3) is 4.10. The summed E-state index contributed by atoms with van der Waals surface area (Å²) < 4.78 is 11.8. The fraction of sp³-hybridized carbons (Fsp3) is 0.688. The van der Waals surface area contributed by atoms with Crippen LogP contribution >= 0.6 is 0 Å². The molecule has 0 amide bonds. The lowest BCUT2D eigenvalue weighted by molar-refractivity contribution is 0.113. The maximum Gasteiger partial charge on any atom is 0.256 e. The molecule has 1 saturated heterocycles. The average Bonchev–Trinajstić information content (AvgIpc) is 2.94. The van der Waals surface area contributed by atoms with Gasteiger partial charge in [-0.1, -0.05) is 13.8 Å². The number of ether oxygens (including phenoxy) is 2. The maximum absolute atomic E-state index is 6.27. The monoisotopic (exact) mass is 278 g/mol. The van der Waals surface area contributed by atoms with E-state index in [4.69, 9.17) is 9.47 Å². The van der Waals surface area contributed by atoms with Crippen LogP contribution in [0.25, 0.3) is 0 Å². The molecule has 2 rings (SSSR count). The highest BCUT2D eigenvalue weighted by atomic mass is 16.5. The van der Waals surface area contributed by atoms with Gasteiger partial charge < -0.3 is 14.8 Å². The molecule has 1 aliphatic heterocycles. The predicted octanol–water partition coefficient (Wildman–Crippen LogP) is 2.88. The zero-order valence-electron chi connectivity index (χ0n) is 12.8. The summed E-state index contributed by atoms with van der Waals surface area (Å²) in [5.41, 5.74) is 0. The van der Waals surface area contributed by atoms with Gasteiger partial charge in [0, 0.05) is 18.7 Å². The van der Waals surface area contributed by atoms with Gasteiger partial charge in [-0.25, -0.2) is 4.98 Å². The zero-order valence-corrected chi connectivity index (χ0v) is 12.8. The molecule has 0 bridgehead atoms. The van der Waals surface area contributed by atoms with Gasteiger partial charge in [0.05, 0.1) is 6.61 Å². The Labute approximate surface area is 121 Å². The highest BCUT2D eigenvalue weighted by Crippen LogP contribution is 2.29. The first-order chi connectivity index (χ1) is 9.70. The van der Waals surface area contributed by atoms with E-state index >= 15 is 0 Å². The minimum absolute atomic E-state index is 0.230. The van der Waals surface area contributed by atoms with Crippen molar-refractivity contribution in [2.45, 2.75) is 39.7 Å². The predicted molar refractivity (Wildman–Crippen MR) is 80.3 cm³/mol. The van der Waals surface area contributed by atoms with Crippen LogP contribution in [0, 0.1) is 11.8 Å². The lowest BCUT2D eigenvalue weighted by Crippen LogP contribution is -2.30. The molecule has 112 valence electrons. The molecule has 1 aromatic rings. The summed E-state index contributed by atoms with van der Waals surface area (Å²) in [5, 5.41) is 3.42. The molecule has 20 heavy (non-hydrogen) atoms. The van der Waals surface area contributed by atoms with Crippen LogP contribution in [0.4, 0.5) is 0 Å². The van der Waals surface area contributed by atoms with E-state index in [1.54, 1.807) is 6.20 Å². The fourth-order valence-electron chi connectivity index (χ4n) is 2.67. The number of pyridine rings is 1. The summed E-state index contributed by atoms with van der Waals surface area (Å²) >= 11 is 0. The second-order valence-corrected chi connectivity index (χ2v) is 5.78. The Morgan fingerprint density at radius 1 is 1.45 bits per heavy atom. The van der Waals surface area contributed by atoms with Crippen LogP contribution in [0.15, 0.2) is 18.3 Å². The molecule has 4 nitrogen and oxygen atoms in total. The van der Waals surface area contributed by atoms with Gasteiger partial charge >= 0.3 is 0 Å². The normalized spacial score (nSPS) is 20.1. The summed E-state index contributed by atoms with van der Waals surface area (Å²) in [7, 11) is 0. The minimum Gasteiger partial charge on any atom is -0.484 e. The standard InChI is InChI=1S/C16H26N2O2/c1-4-19-16-14(6-5-8-18-16)20-15(10-12(2)3)13-7-9-17-11-13/h5-6,8,12-13,15,17H,4,7,9-11H2,1-3H3/t13-,15?/m0/s1. The van der Waals surface area contributed by atoms with Crippen LogP contribution < -0.4 is 14.8 Å². The molecule has 4 heteroatoms. The Kier molecular flexibility index (Phi) is 5.65. The van der Waals surface area contributed by atoms with E-state index in [1.165, 1.54) is 6.42 Å². The van der Waals surface area contributed by atoms with Crippen LogP contribution in [0.2, 0.25) is 0 Å². The molecule has 2 heterocycles. The van der Waals surface area contributed by atoms with Gasteiger partial charge in [-0.05, 0) is 44.4 Å². The molecule has 0 aliphatic carbocycles. The van der Waals surface area contributed by atoms with Crippen molar-refractivity contribution >= 4 is 0 Å². The minimum atomic E-state index is 0.230. The molecular formula is C16H26N2O2. The molecule has 1 N–H and O–H groups in total. The van der Waals surface area contributed by atoms with Crippen molar-refractivity contribution in [2.24, 2.45) is 11.8 Å². The molecule has 1 aromatic heterocycles. The first-order valence-corrected chi connectivity index (χ1v) is 7.66. The Morgan fingerprint density at radius 2 is 2.30 bits per heavy atom. The number of hydrogen-bond donors (Lipinski definition) is 1. The number of rotatable bonds is 7. The lowest BCUT2D eigenvalue weighted by atomic mass is 9.93. The molecule has 1 fully saturated rings. The fourth-order valence-corrected chi connectivity index (χ4v) is 2.67. The van der Waals surface area contributed by atoms with E-state index in [2.05, 4.69) is 24.1 Å². The zero-order chi connectivity index (χ0) is 14.4. The van der Waals surface area contributed by atoms with Gasteiger partial charge in [-0.2, -0.15) is 0 Å². The van der Waals surface area contributed by atoms with Crippen molar-refractivity contribution < 1.29 is 9.47 Å². The molecular weight excluding hydrogens is 252 g/mol. The smallest absolute Gasteiger partial charge is 0.256 e. The molecule has 1 unspecified atom stereocenters. The van der Waals surface area contributed by atoms with Crippen LogP contribution in [0.1, 0.15) is 33.6 Å². The molecule has 0 aromatic carbocycles. The molecule has 0 radical (unpaired) electrons. The van der Waals surface area contributed by atoms with E-state index in [0.29, 0.717) is 24.3 Å². The summed E-state index contributed by atoms with van der Waals surface area (Å²) in [4.78, 5) is 4.26. The van der Waals surface area contributed by atoms with Crippen LogP contribution in [0.3, 0.4) is 0 Å². The average molecular weight is 278 g/mol. The Morgan fingerprint density at radius 3 is 2.95 bits per heavy atom. The van der Waals surface area contributed by atoms with Gasteiger partial charge in [0.25, 0.3) is 5.88 Å². The van der Waals surface area contributed by atoms with Crippen LogP contribution in [-0.4, -0.2) is 30.8 Å². The Balaban J connectivity index is 2.09. The van der Waals surface area contributed by atoms with Gasteiger partial charge in [0.1, 0.15) is 6.10 Å². The highest BCUT2D eigenvalue weighted by Gasteiger charge is 2.28. The number of aromatic nitrogens is 1. The summed E-state index contributed by atoms with van der Waals surface area (Å²) in [6.07, 6.45) is 4.22. The summed E-state index contributed by atoms with van der Waals surface area (Å²) in [6.45, 7) is 9.19. The third-order valence-electron chi connectivity index (χ3n) is 3.62. The van der Waals surface area contributed by atoms with Gasteiger partial charge in [0.15, 0.2) is 5.75 Å². The third-order valence-corrected chi connectivity index (χ3v) is 3.62. The Hall–Kier alpha value is -1.29. The maximum atomic E-state index is 6.27. The van der Waals surface area contributed by atoms with Gasteiger partial charge in [-0.3, -0.25) is 0 Å². The first-order valence-electron chi connectivity index (χ1n) is 7.66. The van der Waals surface area contributed by atoms with Crippen molar-refractivity contribution in [3.05, 3.63) is 18.3 Å². The number of nitrogens with zero attached hydrogens (tertiary/aromatic N) is 1. The van der Waals surface area contributed by atoms with E-state index < -0.39 is 0 Å². The van der Waals surface area contributed by atoms with Crippen molar-refractivity contribution in [3.8, 4) is 11.6 Å². The molecule has 0 spiro atoms. The summed E-state index contributed by atoms with van der Waals surface area (Å²) in [6, 6.07) is 3.85.